The largest absolute Gasteiger partial charge is 0.492 e. The Hall–Kier alpha value is -3.84. The van der Waals surface area contributed by atoms with Crippen LogP contribution >= 0.6 is 0 Å². The number of aryl methyl sites for hydroxylation is 1. The number of rotatable bonds is 8. The van der Waals surface area contributed by atoms with Crippen molar-refractivity contribution < 1.29 is 18.7 Å². The van der Waals surface area contributed by atoms with Gasteiger partial charge in [-0.1, -0.05) is 32.0 Å². The van der Waals surface area contributed by atoms with E-state index in [-0.39, 0.29) is 11.8 Å². The van der Waals surface area contributed by atoms with Gasteiger partial charge in [-0.25, -0.2) is 0 Å². The number of imide groups is 1. The monoisotopic (exact) mass is 471 g/mol. The van der Waals surface area contributed by atoms with Crippen LogP contribution in [0.5, 0.6) is 5.75 Å². The minimum absolute atomic E-state index is 0.325. The van der Waals surface area contributed by atoms with E-state index in [0.717, 1.165) is 41.5 Å². The average molecular weight is 472 g/mol. The number of para-hydroxylation sites is 1. The van der Waals surface area contributed by atoms with Gasteiger partial charge < -0.3 is 18.6 Å². The standard InChI is InChI=1S/C28H29N3O4/c1-5-31(6-2)12-14-34-19-15-18-11-13-35-26(18)21(16-19)24-25(28(33)30(4)27(24)32)22-17-29(3)23-10-8-7-9-20(22)23/h7-11,13,15-17H,5-6,12,14H2,1-4H3. The number of aromatic nitrogens is 1. The van der Waals surface area contributed by atoms with E-state index in [0.29, 0.717) is 34.6 Å². The van der Waals surface area contributed by atoms with Crippen molar-refractivity contribution in [3.63, 3.8) is 0 Å². The Morgan fingerprint density at radius 3 is 2.40 bits per heavy atom. The van der Waals surface area contributed by atoms with Crippen molar-refractivity contribution in [1.29, 1.82) is 0 Å². The lowest BCUT2D eigenvalue weighted by atomic mass is 9.95. The Kier molecular flexibility index (Phi) is 5.94. The lowest BCUT2D eigenvalue weighted by Crippen LogP contribution is -2.28. The van der Waals surface area contributed by atoms with Crippen LogP contribution in [0.1, 0.15) is 25.0 Å². The molecule has 0 spiro atoms. The molecule has 0 unspecified atom stereocenters. The summed E-state index contributed by atoms with van der Waals surface area (Å²) < 4.78 is 13.9. The minimum atomic E-state index is -0.351. The molecule has 35 heavy (non-hydrogen) atoms. The maximum absolute atomic E-state index is 13.5. The van der Waals surface area contributed by atoms with E-state index in [2.05, 4.69) is 18.7 Å². The molecule has 7 nitrogen and oxygen atoms in total. The molecule has 0 saturated heterocycles. The number of ether oxygens (including phenoxy) is 1. The number of fused-ring (bicyclic) bond motifs is 2. The molecule has 0 saturated carbocycles. The minimum Gasteiger partial charge on any atom is -0.492 e. The van der Waals surface area contributed by atoms with Crippen molar-refractivity contribution in [2.45, 2.75) is 13.8 Å². The molecule has 4 aromatic rings. The van der Waals surface area contributed by atoms with Crippen LogP contribution in [0.15, 0.2) is 59.3 Å². The van der Waals surface area contributed by atoms with E-state index in [9.17, 15) is 9.59 Å². The van der Waals surface area contributed by atoms with Gasteiger partial charge in [-0.05, 0) is 37.4 Å². The summed E-state index contributed by atoms with van der Waals surface area (Å²) in [6, 6.07) is 13.4. The summed E-state index contributed by atoms with van der Waals surface area (Å²) in [4.78, 5) is 30.3. The number of carbonyl (C=O) groups excluding carboxylic acids is 2. The second-order valence-corrected chi connectivity index (χ2v) is 8.78. The number of carbonyl (C=O) groups is 2. The molecule has 0 bridgehead atoms. The summed E-state index contributed by atoms with van der Waals surface area (Å²) in [6.45, 7) is 7.48. The molecular weight excluding hydrogens is 442 g/mol. The summed E-state index contributed by atoms with van der Waals surface area (Å²) >= 11 is 0. The van der Waals surface area contributed by atoms with E-state index < -0.39 is 0 Å². The lowest BCUT2D eigenvalue weighted by molar-refractivity contribution is -0.134. The SMILES string of the molecule is CCN(CC)CCOc1cc(C2=C(c3cn(C)c4ccccc34)C(=O)N(C)C2=O)c2occc2c1. The van der Waals surface area contributed by atoms with Crippen LogP contribution in [-0.4, -0.2) is 59.5 Å². The fourth-order valence-corrected chi connectivity index (χ4v) is 4.84. The first-order valence-corrected chi connectivity index (χ1v) is 11.9. The Morgan fingerprint density at radius 2 is 1.66 bits per heavy atom. The van der Waals surface area contributed by atoms with Crippen LogP contribution in [0.25, 0.3) is 33.0 Å². The van der Waals surface area contributed by atoms with Crippen molar-refractivity contribution in [2.75, 3.05) is 33.3 Å². The van der Waals surface area contributed by atoms with Gasteiger partial charge in [0.2, 0.25) is 0 Å². The maximum atomic E-state index is 13.5. The molecule has 0 N–H and O–H groups in total. The van der Waals surface area contributed by atoms with Gasteiger partial charge in [-0.3, -0.25) is 14.5 Å². The number of hydrogen-bond acceptors (Lipinski definition) is 5. The second-order valence-electron chi connectivity index (χ2n) is 8.78. The van der Waals surface area contributed by atoms with E-state index in [1.807, 2.05) is 60.3 Å². The Labute approximate surface area is 204 Å². The molecule has 7 heteroatoms. The first kappa shape index (κ1) is 22.9. The van der Waals surface area contributed by atoms with E-state index in [1.54, 1.807) is 6.26 Å². The van der Waals surface area contributed by atoms with Crippen LogP contribution < -0.4 is 4.74 Å². The summed E-state index contributed by atoms with van der Waals surface area (Å²) in [5, 5.41) is 1.74. The summed E-state index contributed by atoms with van der Waals surface area (Å²) in [5.74, 6) is -0.0366. The van der Waals surface area contributed by atoms with Crippen LogP contribution in [-0.2, 0) is 16.6 Å². The second kappa shape index (κ2) is 9.07. The van der Waals surface area contributed by atoms with Crippen LogP contribution in [0.4, 0.5) is 0 Å². The van der Waals surface area contributed by atoms with Crippen LogP contribution in [0, 0.1) is 0 Å². The van der Waals surface area contributed by atoms with Gasteiger partial charge in [-0.15, -0.1) is 0 Å². The highest BCUT2D eigenvalue weighted by Crippen LogP contribution is 2.42. The Morgan fingerprint density at radius 1 is 0.943 bits per heavy atom. The van der Waals surface area contributed by atoms with Gasteiger partial charge >= 0.3 is 0 Å². The zero-order valence-electron chi connectivity index (χ0n) is 20.5. The van der Waals surface area contributed by atoms with E-state index in [4.69, 9.17) is 9.15 Å². The quantitative estimate of drug-likeness (QED) is 0.353. The van der Waals surface area contributed by atoms with Crippen LogP contribution in [0.3, 0.4) is 0 Å². The predicted octanol–water partition coefficient (Wildman–Crippen LogP) is 4.55. The highest BCUT2D eigenvalue weighted by atomic mass is 16.5. The van der Waals surface area contributed by atoms with Crippen molar-refractivity contribution >= 4 is 44.8 Å². The molecule has 180 valence electrons. The normalized spacial score (nSPS) is 14.4. The third-order valence-electron chi connectivity index (χ3n) is 6.82. The summed E-state index contributed by atoms with van der Waals surface area (Å²) in [6.07, 6.45) is 3.51. The zero-order chi connectivity index (χ0) is 24.7. The maximum Gasteiger partial charge on any atom is 0.262 e. The molecule has 2 amide bonds. The van der Waals surface area contributed by atoms with Crippen molar-refractivity contribution in [3.05, 3.63) is 66.1 Å². The third kappa shape index (κ3) is 3.82. The average Bonchev–Trinajstić information content (AvgIpc) is 3.53. The Bertz CT molecular complexity index is 1470. The molecule has 5 rings (SSSR count). The van der Waals surface area contributed by atoms with Crippen molar-refractivity contribution in [3.8, 4) is 5.75 Å². The van der Waals surface area contributed by atoms with Gasteiger partial charge in [0, 0.05) is 54.3 Å². The van der Waals surface area contributed by atoms with Gasteiger partial charge in [0.1, 0.15) is 17.9 Å². The molecule has 0 radical (unpaired) electrons. The third-order valence-corrected chi connectivity index (χ3v) is 6.82. The van der Waals surface area contributed by atoms with Crippen LogP contribution in [0.2, 0.25) is 0 Å². The number of likely N-dealkylation sites (N-methyl/N-ethyl adjacent to an activating group) is 2. The van der Waals surface area contributed by atoms with Crippen molar-refractivity contribution in [2.24, 2.45) is 7.05 Å². The molecule has 1 aliphatic rings. The zero-order valence-corrected chi connectivity index (χ0v) is 20.5. The number of nitrogens with zero attached hydrogens (tertiary/aromatic N) is 3. The highest BCUT2D eigenvalue weighted by Gasteiger charge is 2.39. The Balaban J connectivity index is 1.67. The highest BCUT2D eigenvalue weighted by molar-refractivity contribution is 6.50. The molecule has 0 atom stereocenters. The molecule has 2 aromatic carbocycles. The molecular formula is C28H29N3O4. The fraction of sp³-hybridized carbons (Fsp3) is 0.286. The smallest absolute Gasteiger partial charge is 0.262 e. The molecule has 2 aromatic heterocycles. The van der Waals surface area contributed by atoms with Gasteiger partial charge in [0.05, 0.1) is 17.4 Å². The van der Waals surface area contributed by atoms with E-state index in [1.165, 1.54) is 11.9 Å². The topological polar surface area (TPSA) is 67.9 Å². The number of benzene rings is 2. The summed E-state index contributed by atoms with van der Waals surface area (Å²) in [7, 11) is 3.46. The fourth-order valence-electron chi connectivity index (χ4n) is 4.84. The molecule has 1 aliphatic heterocycles. The van der Waals surface area contributed by atoms with Crippen molar-refractivity contribution in [1.82, 2.24) is 14.4 Å². The van der Waals surface area contributed by atoms with Gasteiger partial charge in [-0.2, -0.15) is 0 Å². The molecule has 3 heterocycles. The lowest BCUT2D eigenvalue weighted by Gasteiger charge is -2.18. The van der Waals surface area contributed by atoms with E-state index >= 15 is 0 Å². The first-order chi connectivity index (χ1) is 16.9. The number of furan rings is 1. The molecule has 0 fully saturated rings. The van der Waals surface area contributed by atoms with Gasteiger partial charge in [0.25, 0.3) is 11.8 Å². The van der Waals surface area contributed by atoms with Gasteiger partial charge in [0.15, 0.2) is 0 Å². The predicted molar refractivity (Wildman–Crippen MR) is 137 cm³/mol. The summed E-state index contributed by atoms with van der Waals surface area (Å²) in [5.41, 5.74) is 3.56. The number of hydrogen-bond donors (Lipinski definition) is 0. The molecule has 0 aliphatic carbocycles. The first-order valence-electron chi connectivity index (χ1n) is 11.9. The number of amides is 2.